The van der Waals surface area contributed by atoms with Gasteiger partial charge in [-0.3, -0.25) is 9.69 Å². The van der Waals surface area contributed by atoms with Crippen molar-refractivity contribution in [2.24, 2.45) is 0 Å². The number of furan rings is 1. The lowest BCUT2D eigenvalue weighted by Gasteiger charge is -2.33. The second kappa shape index (κ2) is 7.92. The Morgan fingerprint density at radius 1 is 1.20 bits per heavy atom. The summed E-state index contributed by atoms with van der Waals surface area (Å²) >= 11 is 1.58. The van der Waals surface area contributed by atoms with E-state index in [0.717, 1.165) is 23.4 Å². The second-order valence-corrected chi connectivity index (χ2v) is 7.99. The summed E-state index contributed by atoms with van der Waals surface area (Å²) < 4.78 is 16.5. The predicted octanol–water partition coefficient (Wildman–Crippen LogP) is 3.51. The standard InChI is InChI=1S/C21H20N4O4S/c1-27-15-5-2-4-14-12-16(28-19(14)15)21(26)25-9-7-24(8-10-25)13-18-22-20(23-29-18)17-6-3-11-30-17/h2-6,11-12H,7-10,13H2,1H3. The average Bonchev–Trinajstić information content (AvgIpc) is 3.53. The largest absolute Gasteiger partial charge is 0.493 e. The van der Waals surface area contributed by atoms with Crippen LogP contribution in [-0.4, -0.2) is 59.1 Å². The van der Waals surface area contributed by atoms with Crippen molar-refractivity contribution >= 4 is 28.2 Å². The van der Waals surface area contributed by atoms with Crippen LogP contribution in [0.15, 0.2) is 50.7 Å². The molecular formula is C21H20N4O4S. The smallest absolute Gasteiger partial charge is 0.289 e. The number of piperazine rings is 1. The van der Waals surface area contributed by atoms with Gasteiger partial charge in [-0.1, -0.05) is 23.4 Å². The van der Waals surface area contributed by atoms with Gasteiger partial charge in [-0.15, -0.1) is 11.3 Å². The minimum absolute atomic E-state index is 0.106. The van der Waals surface area contributed by atoms with Gasteiger partial charge in [0.1, 0.15) is 0 Å². The molecule has 1 aromatic carbocycles. The van der Waals surface area contributed by atoms with E-state index in [0.29, 0.717) is 48.4 Å². The molecule has 4 aromatic rings. The highest BCUT2D eigenvalue weighted by molar-refractivity contribution is 7.13. The van der Waals surface area contributed by atoms with Gasteiger partial charge in [-0.05, 0) is 23.6 Å². The van der Waals surface area contributed by atoms with E-state index >= 15 is 0 Å². The van der Waals surface area contributed by atoms with E-state index in [-0.39, 0.29) is 5.91 Å². The second-order valence-electron chi connectivity index (χ2n) is 7.05. The van der Waals surface area contributed by atoms with Crippen LogP contribution in [0.2, 0.25) is 0 Å². The third kappa shape index (κ3) is 3.57. The number of rotatable bonds is 5. The van der Waals surface area contributed by atoms with Crippen LogP contribution in [-0.2, 0) is 6.54 Å². The summed E-state index contributed by atoms with van der Waals surface area (Å²) in [5.74, 6) is 2.06. The lowest BCUT2D eigenvalue weighted by Crippen LogP contribution is -2.48. The molecule has 1 amide bonds. The Kier molecular flexibility index (Phi) is 4.97. The van der Waals surface area contributed by atoms with E-state index in [9.17, 15) is 4.79 Å². The molecule has 3 aromatic heterocycles. The van der Waals surface area contributed by atoms with Crippen LogP contribution in [0.1, 0.15) is 16.4 Å². The number of aromatic nitrogens is 2. The number of methoxy groups -OCH3 is 1. The first kappa shape index (κ1) is 18.8. The number of carbonyl (C=O) groups is 1. The highest BCUT2D eigenvalue weighted by Crippen LogP contribution is 2.29. The van der Waals surface area contributed by atoms with Crippen molar-refractivity contribution in [1.82, 2.24) is 19.9 Å². The van der Waals surface area contributed by atoms with Gasteiger partial charge in [-0.2, -0.15) is 4.98 Å². The predicted molar refractivity (Wildman–Crippen MR) is 112 cm³/mol. The maximum atomic E-state index is 12.9. The number of carbonyl (C=O) groups excluding carboxylic acids is 1. The van der Waals surface area contributed by atoms with Gasteiger partial charge in [0.2, 0.25) is 11.7 Å². The van der Waals surface area contributed by atoms with E-state index in [1.165, 1.54) is 0 Å². The number of fused-ring (bicyclic) bond motifs is 1. The quantitative estimate of drug-likeness (QED) is 0.485. The molecule has 4 heterocycles. The number of nitrogens with zero attached hydrogens (tertiary/aromatic N) is 4. The molecule has 1 aliphatic rings. The first-order chi connectivity index (χ1) is 14.7. The Labute approximate surface area is 176 Å². The molecule has 0 N–H and O–H groups in total. The molecule has 0 atom stereocenters. The van der Waals surface area contributed by atoms with Gasteiger partial charge in [0.05, 0.1) is 18.5 Å². The Balaban J connectivity index is 1.21. The number of hydrogen-bond donors (Lipinski definition) is 0. The van der Waals surface area contributed by atoms with Crippen LogP contribution in [0, 0.1) is 0 Å². The number of hydrogen-bond acceptors (Lipinski definition) is 8. The zero-order chi connectivity index (χ0) is 20.5. The lowest BCUT2D eigenvalue weighted by molar-refractivity contribution is 0.0587. The molecule has 0 unspecified atom stereocenters. The minimum Gasteiger partial charge on any atom is -0.493 e. The number of ether oxygens (including phenoxy) is 1. The Hall–Kier alpha value is -3.17. The summed E-state index contributed by atoms with van der Waals surface area (Å²) in [6.07, 6.45) is 0. The van der Waals surface area contributed by atoms with Crippen molar-refractivity contribution in [2.75, 3.05) is 33.3 Å². The maximum Gasteiger partial charge on any atom is 0.289 e. The fraction of sp³-hybridized carbons (Fsp3) is 0.286. The molecule has 0 spiro atoms. The first-order valence-electron chi connectivity index (χ1n) is 9.66. The molecule has 0 bridgehead atoms. The number of benzene rings is 1. The van der Waals surface area contributed by atoms with E-state index in [1.54, 1.807) is 24.5 Å². The van der Waals surface area contributed by atoms with Crippen molar-refractivity contribution in [3.63, 3.8) is 0 Å². The zero-order valence-electron chi connectivity index (χ0n) is 16.4. The van der Waals surface area contributed by atoms with Gasteiger partial charge in [0, 0.05) is 31.6 Å². The molecule has 9 heteroatoms. The van der Waals surface area contributed by atoms with Crippen molar-refractivity contribution < 1.29 is 18.5 Å². The van der Waals surface area contributed by atoms with Crippen LogP contribution in [0.5, 0.6) is 5.75 Å². The van der Waals surface area contributed by atoms with Crippen LogP contribution in [0.3, 0.4) is 0 Å². The van der Waals surface area contributed by atoms with Gasteiger partial charge < -0.3 is 18.6 Å². The number of amides is 1. The van der Waals surface area contributed by atoms with Crippen LogP contribution in [0.4, 0.5) is 0 Å². The van der Waals surface area contributed by atoms with Crippen LogP contribution >= 0.6 is 11.3 Å². The highest BCUT2D eigenvalue weighted by Gasteiger charge is 2.26. The van der Waals surface area contributed by atoms with Crippen molar-refractivity contribution in [3.05, 3.63) is 53.4 Å². The average molecular weight is 424 g/mol. The van der Waals surface area contributed by atoms with Gasteiger partial charge >= 0.3 is 0 Å². The fourth-order valence-corrected chi connectivity index (χ4v) is 4.23. The summed E-state index contributed by atoms with van der Waals surface area (Å²) in [4.78, 5) is 22.4. The Morgan fingerprint density at radius 2 is 2.07 bits per heavy atom. The van der Waals surface area contributed by atoms with E-state index in [1.807, 2.05) is 40.6 Å². The SMILES string of the molecule is COc1cccc2cc(C(=O)N3CCN(Cc4nc(-c5cccs5)no4)CC3)oc12. The zero-order valence-corrected chi connectivity index (χ0v) is 17.2. The van der Waals surface area contributed by atoms with E-state index in [2.05, 4.69) is 15.0 Å². The molecule has 8 nitrogen and oxygen atoms in total. The van der Waals surface area contributed by atoms with Crippen LogP contribution < -0.4 is 4.74 Å². The van der Waals surface area contributed by atoms with E-state index in [4.69, 9.17) is 13.7 Å². The Bertz CT molecular complexity index is 1160. The molecular weight excluding hydrogens is 404 g/mol. The maximum absolute atomic E-state index is 12.9. The summed E-state index contributed by atoms with van der Waals surface area (Å²) in [5, 5.41) is 6.89. The summed E-state index contributed by atoms with van der Waals surface area (Å²) in [5.41, 5.74) is 0.597. The fourth-order valence-electron chi connectivity index (χ4n) is 3.58. The minimum atomic E-state index is -0.106. The monoisotopic (exact) mass is 424 g/mol. The molecule has 0 radical (unpaired) electrons. The van der Waals surface area contributed by atoms with Gasteiger partial charge in [0.25, 0.3) is 5.91 Å². The molecule has 0 aliphatic carbocycles. The molecule has 1 fully saturated rings. The number of thiophene rings is 1. The van der Waals surface area contributed by atoms with Gasteiger partial charge in [0.15, 0.2) is 17.1 Å². The third-order valence-electron chi connectivity index (χ3n) is 5.17. The molecule has 0 saturated carbocycles. The molecule has 30 heavy (non-hydrogen) atoms. The van der Waals surface area contributed by atoms with Crippen molar-refractivity contribution in [1.29, 1.82) is 0 Å². The van der Waals surface area contributed by atoms with E-state index < -0.39 is 0 Å². The molecule has 154 valence electrons. The normalized spacial score (nSPS) is 15.0. The topological polar surface area (TPSA) is 84.8 Å². The first-order valence-corrected chi connectivity index (χ1v) is 10.5. The summed E-state index contributed by atoms with van der Waals surface area (Å²) in [7, 11) is 1.59. The van der Waals surface area contributed by atoms with Crippen molar-refractivity contribution in [2.45, 2.75) is 6.54 Å². The lowest BCUT2D eigenvalue weighted by atomic mass is 10.2. The van der Waals surface area contributed by atoms with Crippen LogP contribution in [0.25, 0.3) is 21.7 Å². The number of para-hydroxylation sites is 1. The third-order valence-corrected chi connectivity index (χ3v) is 6.03. The van der Waals surface area contributed by atoms with Crippen molar-refractivity contribution in [3.8, 4) is 16.5 Å². The summed E-state index contributed by atoms with van der Waals surface area (Å²) in [6, 6.07) is 11.3. The molecule has 5 rings (SSSR count). The van der Waals surface area contributed by atoms with Gasteiger partial charge in [-0.25, -0.2) is 0 Å². The molecule has 1 aliphatic heterocycles. The summed E-state index contributed by atoms with van der Waals surface area (Å²) in [6.45, 7) is 3.25. The highest BCUT2D eigenvalue weighted by atomic mass is 32.1. The Morgan fingerprint density at radius 3 is 2.83 bits per heavy atom. The molecule has 1 saturated heterocycles.